The summed E-state index contributed by atoms with van der Waals surface area (Å²) in [7, 11) is 0. The van der Waals surface area contributed by atoms with Crippen molar-refractivity contribution in [1.82, 2.24) is 4.98 Å². The van der Waals surface area contributed by atoms with E-state index < -0.39 is 12.5 Å². The van der Waals surface area contributed by atoms with Crippen LogP contribution in [0, 0.1) is 20.8 Å². The van der Waals surface area contributed by atoms with Gasteiger partial charge in [0.1, 0.15) is 0 Å². The molecule has 0 fully saturated rings. The smallest absolute Gasteiger partial charge is 0.269 e. The molecule has 1 atom stereocenters. The van der Waals surface area contributed by atoms with Crippen LogP contribution in [0.15, 0.2) is 0 Å². The van der Waals surface area contributed by atoms with E-state index in [1.165, 1.54) is 0 Å². The van der Waals surface area contributed by atoms with Gasteiger partial charge in [0.15, 0.2) is 6.10 Å². The van der Waals surface area contributed by atoms with Crippen LogP contribution in [0.2, 0.25) is 0 Å². The second kappa shape index (κ2) is 3.46. The van der Waals surface area contributed by atoms with E-state index in [2.05, 4.69) is 4.98 Å². The van der Waals surface area contributed by atoms with Crippen molar-refractivity contribution >= 4 is 0 Å². The highest BCUT2D eigenvalue weighted by atomic mass is 19.3. The Morgan fingerprint density at radius 2 is 1.69 bits per heavy atom. The van der Waals surface area contributed by atoms with E-state index in [0.717, 1.165) is 11.3 Å². The quantitative estimate of drug-likeness (QED) is 0.735. The van der Waals surface area contributed by atoms with Crippen LogP contribution in [0.25, 0.3) is 0 Å². The molecular formula is C9H13F2NO. The van der Waals surface area contributed by atoms with Crippen molar-refractivity contribution in [3.05, 3.63) is 22.5 Å². The third-order valence-electron chi connectivity index (χ3n) is 2.39. The first-order chi connectivity index (χ1) is 5.95. The molecule has 4 heteroatoms. The number of aromatic nitrogens is 1. The number of aryl methyl sites for hydroxylation is 1. The molecule has 13 heavy (non-hydrogen) atoms. The van der Waals surface area contributed by atoms with Crippen LogP contribution < -0.4 is 0 Å². The topological polar surface area (TPSA) is 36.0 Å². The van der Waals surface area contributed by atoms with Crippen LogP contribution in [0.4, 0.5) is 8.78 Å². The minimum atomic E-state index is -2.74. The van der Waals surface area contributed by atoms with Gasteiger partial charge in [-0.2, -0.15) is 0 Å². The van der Waals surface area contributed by atoms with E-state index in [9.17, 15) is 8.78 Å². The highest BCUT2D eigenvalue weighted by Crippen LogP contribution is 2.26. The Labute approximate surface area is 75.6 Å². The summed E-state index contributed by atoms with van der Waals surface area (Å²) in [5.41, 5.74) is 2.69. The molecule has 0 amide bonds. The second-order valence-electron chi connectivity index (χ2n) is 3.19. The van der Waals surface area contributed by atoms with Crippen molar-refractivity contribution < 1.29 is 13.9 Å². The zero-order valence-electron chi connectivity index (χ0n) is 7.86. The highest BCUT2D eigenvalue weighted by molar-refractivity contribution is 5.35. The maximum absolute atomic E-state index is 12.2. The number of aromatic amines is 1. The Kier molecular flexibility index (Phi) is 2.71. The highest BCUT2D eigenvalue weighted by Gasteiger charge is 2.23. The Morgan fingerprint density at radius 1 is 1.15 bits per heavy atom. The fourth-order valence-electron chi connectivity index (χ4n) is 1.29. The molecule has 1 aromatic rings. The van der Waals surface area contributed by atoms with Crippen molar-refractivity contribution in [2.75, 3.05) is 0 Å². The number of halogens is 2. The van der Waals surface area contributed by atoms with E-state index in [1.807, 2.05) is 6.92 Å². The number of aliphatic hydroxyl groups excluding tert-OH is 1. The van der Waals surface area contributed by atoms with Gasteiger partial charge in [-0.05, 0) is 31.9 Å². The maximum Gasteiger partial charge on any atom is 0.269 e. The zero-order chi connectivity index (χ0) is 10.2. The number of H-pyrrole nitrogens is 1. The van der Waals surface area contributed by atoms with E-state index >= 15 is 0 Å². The molecule has 0 aliphatic rings. The van der Waals surface area contributed by atoms with Crippen LogP contribution in [0.1, 0.15) is 28.6 Å². The molecule has 0 aliphatic heterocycles. The van der Waals surface area contributed by atoms with Gasteiger partial charge in [0, 0.05) is 5.69 Å². The van der Waals surface area contributed by atoms with Gasteiger partial charge in [0.05, 0.1) is 5.69 Å². The SMILES string of the molecule is Cc1[nH]c(C(O)C(F)F)c(C)c1C. The average molecular weight is 189 g/mol. The van der Waals surface area contributed by atoms with Gasteiger partial charge in [-0.3, -0.25) is 0 Å². The predicted molar refractivity (Wildman–Crippen MR) is 46.0 cm³/mol. The van der Waals surface area contributed by atoms with Crippen LogP contribution in [-0.2, 0) is 0 Å². The summed E-state index contributed by atoms with van der Waals surface area (Å²) in [6, 6.07) is 0. The average Bonchev–Trinajstić information content (AvgIpc) is 2.31. The molecule has 0 aromatic carbocycles. The van der Waals surface area contributed by atoms with Gasteiger partial charge in [-0.15, -0.1) is 0 Å². The summed E-state index contributed by atoms with van der Waals surface area (Å²) in [4.78, 5) is 2.76. The van der Waals surface area contributed by atoms with Gasteiger partial charge < -0.3 is 10.1 Å². The number of rotatable bonds is 2. The van der Waals surface area contributed by atoms with Gasteiger partial charge in [0.25, 0.3) is 6.43 Å². The Bertz CT molecular complexity index is 307. The molecule has 1 unspecified atom stereocenters. The number of alkyl halides is 2. The fourth-order valence-corrected chi connectivity index (χ4v) is 1.29. The summed E-state index contributed by atoms with van der Waals surface area (Å²) < 4.78 is 24.3. The number of nitrogens with one attached hydrogen (secondary N) is 1. The molecule has 2 nitrogen and oxygen atoms in total. The summed E-state index contributed by atoms with van der Waals surface area (Å²) >= 11 is 0. The van der Waals surface area contributed by atoms with E-state index in [1.54, 1.807) is 13.8 Å². The normalized spacial score (nSPS) is 13.8. The van der Waals surface area contributed by atoms with Gasteiger partial charge >= 0.3 is 0 Å². The van der Waals surface area contributed by atoms with E-state index in [-0.39, 0.29) is 5.69 Å². The van der Waals surface area contributed by atoms with Crippen molar-refractivity contribution in [3.63, 3.8) is 0 Å². The molecule has 1 rings (SSSR count). The minimum absolute atomic E-state index is 0.227. The summed E-state index contributed by atoms with van der Waals surface area (Å²) in [6.07, 6.45) is -4.44. The maximum atomic E-state index is 12.2. The Hall–Kier alpha value is -0.900. The monoisotopic (exact) mass is 189 g/mol. The molecule has 0 saturated carbocycles. The number of hydrogen-bond donors (Lipinski definition) is 2. The first-order valence-electron chi connectivity index (χ1n) is 4.07. The van der Waals surface area contributed by atoms with Gasteiger partial charge in [-0.25, -0.2) is 8.78 Å². The summed E-state index contributed by atoms with van der Waals surface area (Å²) in [6.45, 7) is 5.35. The molecule has 2 N–H and O–H groups in total. The number of hydrogen-bond acceptors (Lipinski definition) is 1. The van der Waals surface area contributed by atoms with Crippen LogP contribution in [0.3, 0.4) is 0 Å². The molecular weight excluding hydrogens is 176 g/mol. The molecule has 0 saturated heterocycles. The standard InChI is InChI=1S/C9H13F2NO/c1-4-5(2)7(12-6(4)3)8(13)9(10)11/h8-9,12-13H,1-3H3. The first kappa shape index (κ1) is 10.2. The zero-order valence-corrected chi connectivity index (χ0v) is 7.86. The van der Waals surface area contributed by atoms with E-state index in [4.69, 9.17) is 5.11 Å². The molecule has 0 bridgehead atoms. The number of aliphatic hydroxyl groups is 1. The lowest BCUT2D eigenvalue weighted by atomic mass is 10.1. The summed E-state index contributed by atoms with van der Waals surface area (Å²) in [5.74, 6) is 0. The minimum Gasteiger partial charge on any atom is -0.381 e. The molecule has 0 aliphatic carbocycles. The fraction of sp³-hybridized carbons (Fsp3) is 0.556. The Morgan fingerprint density at radius 3 is 2.00 bits per heavy atom. The molecule has 1 heterocycles. The van der Waals surface area contributed by atoms with Gasteiger partial charge in [0.2, 0.25) is 0 Å². The third-order valence-corrected chi connectivity index (χ3v) is 2.39. The lowest BCUT2D eigenvalue weighted by Gasteiger charge is -2.08. The summed E-state index contributed by atoms with van der Waals surface area (Å²) in [5, 5.41) is 9.14. The molecule has 0 radical (unpaired) electrons. The largest absolute Gasteiger partial charge is 0.381 e. The molecule has 74 valence electrons. The Balaban J connectivity index is 3.08. The van der Waals surface area contributed by atoms with Crippen LogP contribution >= 0.6 is 0 Å². The van der Waals surface area contributed by atoms with Gasteiger partial charge in [-0.1, -0.05) is 0 Å². The van der Waals surface area contributed by atoms with E-state index in [0.29, 0.717) is 5.56 Å². The predicted octanol–water partition coefficient (Wildman–Crippen LogP) is 2.24. The second-order valence-corrected chi connectivity index (χ2v) is 3.19. The van der Waals surface area contributed by atoms with Crippen molar-refractivity contribution in [2.24, 2.45) is 0 Å². The first-order valence-corrected chi connectivity index (χ1v) is 4.07. The third kappa shape index (κ3) is 1.72. The molecule has 1 aromatic heterocycles. The molecule has 0 spiro atoms. The lowest BCUT2D eigenvalue weighted by molar-refractivity contribution is -0.00832. The van der Waals surface area contributed by atoms with Crippen LogP contribution in [0.5, 0.6) is 0 Å². The lowest BCUT2D eigenvalue weighted by Crippen LogP contribution is -2.09. The van der Waals surface area contributed by atoms with Crippen molar-refractivity contribution in [1.29, 1.82) is 0 Å². The van der Waals surface area contributed by atoms with Crippen LogP contribution in [-0.4, -0.2) is 16.5 Å². The van der Waals surface area contributed by atoms with Crippen molar-refractivity contribution in [2.45, 2.75) is 33.3 Å². The van der Waals surface area contributed by atoms with Crippen molar-refractivity contribution in [3.8, 4) is 0 Å².